The summed E-state index contributed by atoms with van der Waals surface area (Å²) in [7, 11) is 0. The lowest BCUT2D eigenvalue weighted by Gasteiger charge is -2.36. The van der Waals surface area contributed by atoms with Gasteiger partial charge in [0.15, 0.2) is 5.82 Å². The van der Waals surface area contributed by atoms with Gasteiger partial charge in [0.2, 0.25) is 5.91 Å². The fraction of sp³-hybridized carbons (Fsp3) is 0.600. The molecular weight excluding hydrogens is 342 g/mol. The van der Waals surface area contributed by atoms with Crippen molar-refractivity contribution in [3.63, 3.8) is 0 Å². The van der Waals surface area contributed by atoms with Gasteiger partial charge in [-0.2, -0.15) is 4.98 Å². The molecule has 1 aliphatic heterocycles. The molecular formula is C20H27N5O2. The highest BCUT2D eigenvalue weighted by Crippen LogP contribution is 2.27. The molecule has 7 nitrogen and oxygen atoms in total. The molecule has 0 spiro atoms. The number of rotatable bonds is 5. The Morgan fingerprint density at radius 2 is 2.07 bits per heavy atom. The van der Waals surface area contributed by atoms with E-state index in [9.17, 15) is 4.79 Å². The summed E-state index contributed by atoms with van der Waals surface area (Å²) in [6.07, 6.45) is 6.88. The minimum atomic E-state index is 0.195. The largest absolute Gasteiger partial charge is 0.346 e. The quantitative estimate of drug-likeness (QED) is 0.806. The Balaban J connectivity index is 1.44. The standard InChI is InChI=1S/C20H27N5O2/c1-14(2)19-22-20(27-23-19)16-7-8-21-17(11-16)24-9-10-25(18(26)13-24)12-15-5-3-4-6-15/h7-8,11,14-15H,3-6,9-10,12-13H2,1-2H3. The number of carbonyl (C=O) groups excluding carboxylic acids is 1. The molecule has 4 rings (SSSR count). The van der Waals surface area contributed by atoms with Gasteiger partial charge in [-0.15, -0.1) is 0 Å². The fourth-order valence-corrected chi connectivity index (χ4v) is 3.91. The zero-order valence-electron chi connectivity index (χ0n) is 16.1. The van der Waals surface area contributed by atoms with Gasteiger partial charge in [-0.3, -0.25) is 4.79 Å². The Morgan fingerprint density at radius 1 is 1.26 bits per heavy atom. The van der Waals surface area contributed by atoms with Gasteiger partial charge in [0.25, 0.3) is 5.89 Å². The Morgan fingerprint density at radius 3 is 2.78 bits per heavy atom. The predicted molar refractivity (Wildman–Crippen MR) is 102 cm³/mol. The molecule has 2 fully saturated rings. The molecule has 0 atom stereocenters. The van der Waals surface area contributed by atoms with E-state index in [4.69, 9.17) is 4.52 Å². The first kappa shape index (κ1) is 17.9. The first-order valence-electron chi connectivity index (χ1n) is 9.93. The van der Waals surface area contributed by atoms with Crippen molar-refractivity contribution in [3.05, 3.63) is 24.2 Å². The van der Waals surface area contributed by atoms with Crippen molar-refractivity contribution in [2.24, 2.45) is 5.92 Å². The molecule has 7 heteroatoms. The summed E-state index contributed by atoms with van der Waals surface area (Å²) in [4.78, 5) is 25.6. The lowest BCUT2D eigenvalue weighted by Crippen LogP contribution is -2.51. The van der Waals surface area contributed by atoms with Crippen molar-refractivity contribution in [2.75, 3.05) is 31.1 Å². The Hall–Kier alpha value is -2.44. The van der Waals surface area contributed by atoms with Crippen LogP contribution in [0.3, 0.4) is 0 Å². The Kier molecular flexibility index (Phi) is 5.09. The molecule has 2 aromatic rings. The van der Waals surface area contributed by atoms with Crippen LogP contribution in [0.25, 0.3) is 11.5 Å². The second kappa shape index (κ2) is 7.66. The molecule has 1 saturated carbocycles. The van der Waals surface area contributed by atoms with Crippen LogP contribution < -0.4 is 4.90 Å². The second-order valence-corrected chi connectivity index (χ2v) is 7.93. The number of amides is 1. The van der Waals surface area contributed by atoms with E-state index in [2.05, 4.69) is 15.1 Å². The highest BCUT2D eigenvalue weighted by molar-refractivity contribution is 5.82. The molecule has 1 aliphatic carbocycles. The summed E-state index contributed by atoms with van der Waals surface area (Å²) >= 11 is 0. The Labute approximate surface area is 159 Å². The molecule has 27 heavy (non-hydrogen) atoms. The topological polar surface area (TPSA) is 75.4 Å². The molecule has 0 aromatic carbocycles. The normalized spacial score (nSPS) is 18.7. The minimum Gasteiger partial charge on any atom is -0.346 e. The summed E-state index contributed by atoms with van der Waals surface area (Å²) < 4.78 is 5.38. The van der Waals surface area contributed by atoms with E-state index in [1.165, 1.54) is 25.7 Å². The van der Waals surface area contributed by atoms with E-state index < -0.39 is 0 Å². The highest BCUT2D eigenvalue weighted by atomic mass is 16.5. The van der Waals surface area contributed by atoms with Crippen LogP contribution in [-0.2, 0) is 4.79 Å². The van der Waals surface area contributed by atoms with Crippen LogP contribution >= 0.6 is 0 Å². The van der Waals surface area contributed by atoms with Crippen molar-refractivity contribution < 1.29 is 9.32 Å². The molecule has 3 heterocycles. The smallest absolute Gasteiger partial charge is 0.258 e. The number of hydrogen-bond acceptors (Lipinski definition) is 6. The van der Waals surface area contributed by atoms with Gasteiger partial charge in [-0.05, 0) is 30.9 Å². The van der Waals surface area contributed by atoms with E-state index in [1.807, 2.05) is 35.8 Å². The number of piperazine rings is 1. The lowest BCUT2D eigenvalue weighted by molar-refractivity contribution is -0.131. The third kappa shape index (κ3) is 3.96. The number of nitrogens with zero attached hydrogens (tertiary/aromatic N) is 5. The van der Waals surface area contributed by atoms with Crippen LogP contribution in [0.4, 0.5) is 5.82 Å². The van der Waals surface area contributed by atoms with Crippen LogP contribution in [-0.4, -0.2) is 52.1 Å². The third-order valence-electron chi connectivity index (χ3n) is 5.55. The summed E-state index contributed by atoms with van der Waals surface area (Å²) in [5.74, 6) is 3.07. The molecule has 144 valence electrons. The van der Waals surface area contributed by atoms with Crippen LogP contribution in [0.2, 0.25) is 0 Å². The van der Waals surface area contributed by atoms with Crippen molar-refractivity contribution in [1.82, 2.24) is 20.0 Å². The maximum absolute atomic E-state index is 12.6. The first-order chi connectivity index (χ1) is 13.1. The number of hydrogen-bond donors (Lipinski definition) is 0. The van der Waals surface area contributed by atoms with Gasteiger partial charge in [-0.25, -0.2) is 4.98 Å². The van der Waals surface area contributed by atoms with Crippen molar-refractivity contribution >= 4 is 11.7 Å². The van der Waals surface area contributed by atoms with Gasteiger partial charge in [0.1, 0.15) is 5.82 Å². The molecule has 0 bridgehead atoms. The Bertz CT molecular complexity index is 797. The predicted octanol–water partition coefficient (Wildman–Crippen LogP) is 3.09. The first-order valence-corrected chi connectivity index (χ1v) is 9.93. The fourth-order valence-electron chi connectivity index (χ4n) is 3.91. The third-order valence-corrected chi connectivity index (χ3v) is 5.55. The molecule has 0 radical (unpaired) electrons. The zero-order valence-corrected chi connectivity index (χ0v) is 16.1. The molecule has 0 N–H and O–H groups in total. The van der Waals surface area contributed by atoms with E-state index in [1.54, 1.807) is 6.20 Å². The maximum Gasteiger partial charge on any atom is 0.258 e. The van der Waals surface area contributed by atoms with Gasteiger partial charge in [-0.1, -0.05) is 31.8 Å². The minimum absolute atomic E-state index is 0.195. The lowest BCUT2D eigenvalue weighted by atomic mass is 10.1. The summed E-state index contributed by atoms with van der Waals surface area (Å²) in [5, 5.41) is 4.02. The average molecular weight is 369 g/mol. The van der Waals surface area contributed by atoms with Crippen LogP contribution in [0.15, 0.2) is 22.9 Å². The van der Waals surface area contributed by atoms with E-state index >= 15 is 0 Å². The van der Waals surface area contributed by atoms with Crippen LogP contribution in [0.5, 0.6) is 0 Å². The average Bonchev–Trinajstić information content (AvgIpc) is 3.35. The van der Waals surface area contributed by atoms with Crippen molar-refractivity contribution in [2.45, 2.75) is 45.4 Å². The van der Waals surface area contributed by atoms with E-state index in [-0.39, 0.29) is 11.8 Å². The second-order valence-electron chi connectivity index (χ2n) is 7.93. The monoisotopic (exact) mass is 369 g/mol. The van der Waals surface area contributed by atoms with Crippen LogP contribution in [0, 0.1) is 5.92 Å². The highest BCUT2D eigenvalue weighted by Gasteiger charge is 2.28. The SMILES string of the molecule is CC(C)c1noc(-c2ccnc(N3CCN(CC4CCCC4)C(=O)C3)c2)n1. The number of anilines is 1. The maximum atomic E-state index is 12.6. The molecule has 2 aliphatic rings. The van der Waals surface area contributed by atoms with E-state index in [0.717, 1.165) is 31.0 Å². The van der Waals surface area contributed by atoms with Gasteiger partial charge >= 0.3 is 0 Å². The zero-order chi connectivity index (χ0) is 18.8. The number of carbonyl (C=O) groups is 1. The van der Waals surface area contributed by atoms with Gasteiger partial charge < -0.3 is 14.3 Å². The number of pyridine rings is 1. The van der Waals surface area contributed by atoms with Gasteiger partial charge in [0.05, 0.1) is 6.54 Å². The molecule has 0 unspecified atom stereocenters. The van der Waals surface area contributed by atoms with Crippen LogP contribution in [0.1, 0.15) is 51.3 Å². The summed E-state index contributed by atoms with van der Waals surface area (Å²) in [6, 6.07) is 3.79. The molecule has 2 aromatic heterocycles. The number of aromatic nitrogens is 3. The van der Waals surface area contributed by atoms with E-state index in [0.29, 0.717) is 24.2 Å². The van der Waals surface area contributed by atoms with Crippen molar-refractivity contribution in [3.8, 4) is 11.5 Å². The van der Waals surface area contributed by atoms with Gasteiger partial charge in [0, 0.05) is 37.3 Å². The molecule has 1 amide bonds. The summed E-state index contributed by atoms with van der Waals surface area (Å²) in [5.41, 5.74) is 0.834. The summed E-state index contributed by atoms with van der Waals surface area (Å²) in [6.45, 7) is 6.92. The van der Waals surface area contributed by atoms with Crippen molar-refractivity contribution in [1.29, 1.82) is 0 Å². The molecule has 1 saturated heterocycles.